The predicted molar refractivity (Wildman–Crippen MR) is 94.5 cm³/mol. The maximum atomic E-state index is 4.89. The fourth-order valence-corrected chi connectivity index (χ4v) is 2.39. The third-order valence-corrected chi connectivity index (χ3v) is 3.53. The molecule has 23 heavy (non-hydrogen) atoms. The molecule has 2 aromatic rings. The molecule has 1 aliphatic heterocycles. The van der Waals surface area contributed by atoms with Gasteiger partial charge in [0.05, 0.1) is 7.11 Å². The van der Waals surface area contributed by atoms with E-state index in [1.807, 2.05) is 38.1 Å². The maximum absolute atomic E-state index is 4.89. The van der Waals surface area contributed by atoms with Crippen LogP contribution in [0, 0.1) is 6.07 Å². The number of hydrogen-bond acceptors (Lipinski definition) is 2. The molecule has 0 amide bonds. The summed E-state index contributed by atoms with van der Waals surface area (Å²) in [4.78, 5) is 0. The van der Waals surface area contributed by atoms with Crippen LogP contribution in [0.3, 0.4) is 0 Å². The zero-order chi connectivity index (χ0) is 16.0. The Bertz CT molecular complexity index is 470. The van der Waals surface area contributed by atoms with Crippen molar-refractivity contribution in [1.29, 1.82) is 0 Å². The number of rotatable bonds is 2. The van der Waals surface area contributed by atoms with E-state index in [0.717, 1.165) is 11.7 Å². The molecule has 1 N–H and O–H groups in total. The van der Waals surface area contributed by atoms with Crippen molar-refractivity contribution in [2.75, 3.05) is 20.2 Å². The Labute approximate surface area is 166 Å². The summed E-state index contributed by atoms with van der Waals surface area (Å²) in [5, 5.41) is 3.38. The van der Waals surface area contributed by atoms with Crippen molar-refractivity contribution >= 4 is 0 Å². The van der Waals surface area contributed by atoms with E-state index in [9.17, 15) is 0 Å². The molecule has 1 aliphatic rings. The van der Waals surface area contributed by atoms with Crippen LogP contribution >= 0.6 is 0 Å². The first-order chi connectivity index (χ1) is 10.9. The van der Waals surface area contributed by atoms with E-state index in [0.29, 0.717) is 0 Å². The van der Waals surface area contributed by atoms with Gasteiger partial charge in [-0.05, 0) is 37.4 Å². The van der Waals surface area contributed by atoms with E-state index < -0.39 is 0 Å². The van der Waals surface area contributed by atoms with Crippen molar-refractivity contribution < 1.29 is 37.4 Å². The Balaban J connectivity index is 0.000000388. The van der Waals surface area contributed by atoms with Crippen LogP contribution in [-0.4, -0.2) is 20.2 Å². The summed E-state index contributed by atoms with van der Waals surface area (Å²) in [5.74, 6) is 1.68. The first-order valence-corrected chi connectivity index (χ1v) is 8.16. The minimum absolute atomic E-state index is 0. The van der Waals surface area contributed by atoms with Crippen molar-refractivity contribution in [2.24, 2.45) is 0 Å². The molecular formula is C20H28NOY-. The summed E-state index contributed by atoms with van der Waals surface area (Å²) in [7, 11) is 1.65. The fourth-order valence-electron chi connectivity index (χ4n) is 2.39. The fraction of sp³-hybridized carbons (Fsp3) is 0.400. The van der Waals surface area contributed by atoms with Crippen LogP contribution in [0.4, 0.5) is 0 Å². The summed E-state index contributed by atoms with van der Waals surface area (Å²) in [6.45, 7) is 6.36. The number of piperidine rings is 1. The van der Waals surface area contributed by atoms with Crippen LogP contribution in [0.25, 0.3) is 0 Å². The monoisotopic (exact) mass is 387 g/mol. The molecule has 1 heterocycles. The second-order valence-corrected chi connectivity index (χ2v) is 4.87. The van der Waals surface area contributed by atoms with Gasteiger partial charge in [0.25, 0.3) is 0 Å². The van der Waals surface area contributed by atoms with Gasteiger partial charge in [-0.25, -0.2) is 0 Å². The van der Waals surface area contributed by atoms with Crippen LogP contribution < -0.4 is 10.1 Å². The molecular weight excluding hydrogens is 359 g/mol. The summed E-state index contributed by atoms with van der Waals surface area (Å²) in [6, 6.07) is 21.1. The Kier molecular flexibility index (Phi) is 14.4. The van der Waals surface area contributed by atoms with Gasteiger partial charge < -0.3 is 10.1 Å². The summed E-state index contributed by atoms with van der Waals surface area (Å²) in [5.41, 5.74) is 1.51. The van der Waals surface area contributed by atoms with Crippen LogP contribution in [0.15, 0.2) is 54.6 Å². The van der Waals surface area contributed by atoms with E-state index >= 15 is 0 Å². The molecule has 1 fully saturated rings. The number of methoxy groups -OCH3 is 1. The second kappa shape index (κ2) is 14.9. The van der Waals surface area contributed by atoms with E-state index in [-0.39, 0.29) is 32.7 Å². The standard InChI is InChI=1S/C11H15N.C7H7O.C2H6.Y/c1-2-4-10(5-3-1)11-6-8-12-9-7-11;1-8-7-5-3-2-4-6-7;1-2;/h1-5,11-12H,6-9H2;3-6H,1H3;1-2H3;/q;-1;;. The van der Waals surface area contributed by atoms with Gasteiger partial charge in [0, 0.05) is 38.5 Å². The smallest absolute Gasteiger partial charge is 0.0743 e. The van der Waals surface area contributed by atoms with Crippen LogP contribution in [0.1, 0.15) is 38.2 Å². The number of ether oxygens (including phenoxy) is 1. The Morgan fingerprint density at radius 2 is 1.52 bits per heavy atom. The molecule has 1 radical (unpaired) electrons. The first kappa shape index (κ1) is 22.3. The van der Waals surface area contributed by atoms with Gasteiger partial charge in [0.15, 0.2) is 0 Å². The molecule has 1 saturated heterocycles. The number of nitrogens with one attached hydrogen (secondary N) is 1. The van der Waals surface area contributed by atoms with Crippen molar-refractivity contribution in [3.63, 3.8) is 0 Å². The molecule has 123 valence electrons. The molecule has 0 aromatic heterocycles. The quantitative estimate of drug-likeness (QED) is 0.756. The summed E-state index contributed by atoms with van der Waals surface area (Å²) < 4.78 is 4.89. The van der Waals surface area contributed by atoms with Crippen molar-refractivity contribution in [3.8, 4) is 5.75 Å². The first-order valence-electron chi connectivity index (χ1n) is 8.16. The van der Waals surface area contributed by atoms with Gasteiger partial charge in [-0.2, -0.15) is 18.2 Å². The van der Waals surface area contributed by atoms with E-state index in [1.54, 1.807) is 7.11 Å². The van der Waals surface area contributed by atoms with E-state index in [2.05, 4.69) is 41.7 Å². The average Bonchev–Trinajstić information content (AvgIpc) is 2.66. The average molecular weight is 387 g/mol. The third-order valence-electron chi connectivity index (χ3n) is 3.53. The van der Waals surface area contributed by atoms with Crippen molar-refractivity contribution in [3.05, 3.63) is 66.2 Å². The molecule has 0 saturated carbocycles. The second-order valence-electron chi connectivity index (χ2n) is 4.87. The molecule has 3 rings (SSSR count). The van der Waals surface area contributed by atoms with Gasteiger partial charge in [0.1, 0.15) is 0 Å². The Morgan fingerprint density at radius 3 is 2.00 bits per heavy atom. The zero-order valence-electron chi connectivity index (χ0n) is 14.6. The van der Waals surface area contributed by atoms with Crippen LogP contribution in [0.2, 0.25) is 0 Å². The van der Waals surface area contributed by atoms with Crippen LogP contribution in [0.5, 0.6) is 5.75 Å². The Hall–Kier alpha value is -0.696. The number of hydrogen-bond donors (Lipinski definition) is 1. The Morgan fingerprint density at radius 1 is 0.957 bits per heavy atom. The van der Waals surface area contributed by atoms with Crippen molar-refractivity contribution in [2.45, 2.75) is 32.6 Å². The minimum Gasteiger partial charge on any atom is -0.522 e. The topological polar surface area (TPSA) is 21.3 Å². The third kappa shape index (κ3) is 9.24. The molecule has 0 spiro atoms. The molecule has 0 aliphatic carbocycles. The molecule has 3 heteroatoms. The number of benzene rings is 2. The molecule has 2 nitrogen and oxygen atoms in total. The summed E-state index contributed by atoms with van der Waals surface area (Å²) >= 11 is 0. The SMILES string of the molecule is CC.COc1cc[c-]cc1.[Y].c1ccc(C2CCNCC2)cc1. The summed E-state index contributed by atoms with van der Waals surface area (Å²) in [6.07, 6.45) is 2.59. The van der Waals surface area contributed by atoms with Gasteiger partial charge in [-0.1, -0.05) is 44.2 Å². The van der Waals surface area contributed by atoms with E-state index in [1.165, 1.54) is 31.5 Å². The molecule has 0 unspecified atom stereocenters. The van der Waals surface area contributed by atoms with Gasteiger partial charge in [-0.15, -0.1) is 12.1 Å². The normalized spacial score (nSPS) is 13.3. The van der Waals surface area contributed by atoms with Gasteiger partial charge >= 0.3 is 0 Å². The van der Waals surface area contributed by atoms with Crippen molar-refractivity contribution in [1.82, 2.24) is 5.32 Å². The van der Waals surface area contributed by atoms with E-state index in [4.69, 9.17) is 4.74 Å². The maximum Gasteiger partial charge on any atom is 0.0743 e. The minimum atomic E-state index is 0. The zero-order valence-corrected chi connectivity index (χ0v) is 17.4. The molecule has 0 bridgehead atoms. The molecule has 0 atom stereocenters. The molecule has 2 aromatic carbocycles. The van der Waals surface area contributed by atoms with Crippen LogP contribution in [-0.2, 0) is 32.7 Å². The van der Waals surface area contributed by atoms with Gasteiger partial charge in [-0.3, -0.25) is 0 Å². The predicted octanol–water partition coefficient (Wildman–Crippen LogP) is 4.67. The largest absolute Gasteiger partial charge is 0.522 e. The van der Waals surface area contributed by atoms with Gasteiger partial charge in [0.2, 0.25) is 0 Å².